The fourth-order valence-electron chi connectivity index (χ4n) is 3.58. The lowest BCUT2D eigenvalue weighted by Crippen LogP contribution is -2.29. The molecule has 2 heterocycles. The SMILES string of the molecule is CPc1cnn2c(NCCNS(=O)(=O)c3cc(F)ccc3C)cc(-c3ccccc3C)nc12. The quantitative estimate of drug-likeness (QED) is 0.295. The van der Waals surface area contributed by atoms with Gasteiger partial charge in [-0.25, -0.2) is 22.5 Å². The van der Waals surface area contributed by atoms with Gasteiger partial charge in [-0.3, -0.25) is 0 Å². The van der Waals surface area contributed by atoms with Crippen molar-refractivity contribution in [2.24, 2.45) is 0 Å². The van der Waals surface area contributed by atoms with Crippen molar-refractivity contribution in [3.63, 3.8) is 0 Å². The summed E-state index contributed by atoms with van der Waals surface area (Å²) in [5.41, 5.74) is 4.21. The number of aryl methyl sites for hydroxylation is 2. The zero-order valence-corrected chi connectivity index (χ0v) is 20.4. The number of hydrogen-bond acceptors (Lipinski definition) is 5. The van der Waals surface area contributed by atoms with Gasteiger partial charge in [0.2, 0.25) is 10.0 Å². The Balaban J connectivity index is 1.57. The van der Waals surface area contributed by atoms with Gasteiger partial charge in [0.05, 0.1) is 16.8 Å². The number of nitrogens with one attached hydrogen (secondary N) is 2. The zero-order valence-electron chi connectivity index (χ0n) is 18.6. The van der Waals surface area contributed by atoms with Crippen LogP contribution >= 0.6 is 8.58 Å². The Morgan fingerprint density at radius 3 is 2.61 bits per heavy atom. The summed E-state index contributed by atoms with van der Waals surface area (Å²) in [7, 11) is -3.29. The molecule has 7 nitrogen and oxygen atoms in total. The first-order valence-corrected chi connectivity index (χ1v) is 13.4. The number of fused-ring (bicyclic) bond motifs is 1. The molecule has 2 aromatic heterocycles. The highest BCUT2D eigenvalue weighted by Gasteiger charge is 2.17. The Morgan fingerprint density at radius 2 is 1.85 bits per heavy atom. The molecule has 0 bridgehead atoms. The van der Waals surface area contributed by atoms with Gasteiger partial charge in [0.15, 0.2) is 5.65 Å². The third-order valence-corrected chi connectivity index (χ3v) is 7.82. The van der Waals surface area contributed by atoms with E-state index in [-0.39, 0.29) is 11.4 Å². The second-order valence-electron chi connectivity index (χ2n) is 7.62. The van der Waals surface area contributed by atoms with Crippen molar-refractivity contribution < 1.29 is 12.8 Å². The van der Waals surface area contributed by atoms with Crippen molar-refractivity contribution in [3.05, 3.63) is 71.7 Å². The van der Waals surface area contributed by atoms with Crippen LogP contribution in [0.25, 0.3) is 16.9 Å². The van der Waals surface area contributed by atoms with Gasteiger partial charge in [0, 0.05) is 30.0 Å². The molecule has 0 fully saturated rings. The summed E-state index contributed by atoms with van der Waals surface area (Å²) < 4.78 is 43.1. The van der Waals surface area contributed by atoms with Gasteiger partial charge in [-0.15, -0.1) is 0 Å². The normalized spacial score (nSPS) is 12.1. The molecule has 4 aromatic rings. The van der Waals surface area contributed by atoms with E-state index in [2.05, 4.69) is 21.8 Å². The molecule has 0 saturated carbocycles. The van der Waals surface area contributed by atoms with E-state index in [1.165, 1.54) is 12.1 Å². The standard InChI is InChI=1S/C23H25FN5O2PS/c1-15-6-4-5-7-18(15)19-13-22(29-23(28-19)20(32-3)14-26-29)25-10-11-27-33(30,31)21-12-17(24)9-8-16(21)2/h4-9,12-14,25,27,32H,10-11H2,1-3H3. The third-order valence-electron chi connectivity index (χ3n) is 5.33. The summed E-state index contributed by atoms with van der Waals surface area (Å²) in [4.78, 5) is 4.78. The lowest BCUT2D eigenvalue weighted by atomic mass is 10.1. The average molecular weight is 486 g/mol. The Kier molecular flexibility index (Phi) is 6.74. The average Bonchev–Trinajstić information content (AvgIpc) is 3.21. The van der Waals surface area contributed by atoms with E-state index in [1.807, 2.05) is 43.5 Å². The fourth-order valence-corrected chi connectivity index (χ4v) is 5.44. The number of rotatable bonds is 8. The molecular formula is C23H25FN5O2PS. The van der Waals surface area contributed by atoms with E-state index >= 15 is 0 Å². The molecule has 0 saturated heterocycles. The molecule has 10 heteroatoms. The number of halogens is 1. The first-order chi connectivity index (χ1) is 15.8. The van der Waals surface area contributed by atoms with Crippen molar-refractivity contribution in [3.8, 4) is 11.3 Å². The molecule has 0 aliphatic carbocycles. The minimum absolute atomic E-state index is 0.0590. The van der Waals surface area contributed by atoms with Crippen LogP contribution in [-0.4, -0.2) is 42.8 Å². The van der Waals surface area contributed by atoms with Gasteiger partial charge < -0.3 is 5.32 Å². The minimum Gasteiger partial charge on any atom is -0.369 e. The molecule has 172 valence electrons. The van der Waals surface area contributed by atoms with Crippen LogP contribution in [0.2, 0.25) is 0 Å². The van der Waals surface area contributed by atoms with Crippen LogP contribution in [0.15, 0.2) is 59.6 Å². The van der Waals surface area contributed by atoms with Crippen LogP contribution in [0.5, 0.6) is 0 Å². The topological polar surface area (TPSA) is 88.4 Å². The molecular weight excluding hydrogens is 460 g/mol. The van der Waals surface area contributed by atoms with E-state index in [0.29, 0.717) is 26.5 Å². The summed E-state index contributed by atoms with van der Waals surface area (Å²) in [5.74, 6) is 0.122. The number of nitrogens with zero attached hydrogens (tertiary/aromatic N) is 3. The van der Waals surface area contributed by atoms with Crippen LogP contribution in [-0.2, 0) is 10.0 Å². The smallest absolute Gasteiger partial charge is 0.240 e. The van der Waals surface area contributed by atoms with E-state index in [9.17, 15) is 12.8 Å². The Morgan fingerprint density at radius 1 is 1.06 bits per heavy atom. The van der Waals surface area contributed by atoms with E-state index in [0.717, 1.165) is 33.8 Å². The number of hydrogen-bond donors (Lipinski definition) is 2. The second kappa shape index (κ2) is 9.55. The summed E-state index contributed by atoms with van der Waals surface area (Å²) in [6, 6.07) is 13.7. The highest BCUT2D eigenvalue weighted by atomic mass is 32.2. The van der Waals surface area contributed by atoms with Crippen LogP contribution in [0, 0.1) is 19.7 Å². The van der Waals surface area contributed by atoms with Crippen molar-refractivity contribution in [1.29, 1.82) is 0 Å². The van der Waals surface area contributed by atoms with Crippen LogP contribution in [0.4, 0.5) is 10.2 Å². The molecule has 0 spiro atoms. The molecule has 2 N–H and O–H groups in total. The number of benzene rings is 2. The van der Waals surface area contributed by atoms with E-state index in [1.54, 1.807) is 11.4 Å². The Labute approximate surface area is 194 Å². The second-order valence-corrected chi connectivity index (χ2v) is 10.4. The first kappa shape index (κ1) is 23.3. The minimum atomic E-state index is -3.83. The van der Waals surface area contributed by atoms with E-state index < -0.39 is 15.8 Å². The first-order valence-electron chi connectivity index (χ1n) is 10.4. The number of anilines is 1. The van der Waals surface area contributed by atoms with Gasteiger partial charge in [-0.1, -0.05) is 38.9 Å². The molecule has 33 heavy (non-hydrogen) atoms. The predicted molar refractivity (Wildman–Crippen MR) is 132 cm³/mol. The molecule has 0 aliphatic heterocycles. The lowest BCUT2D eigenvalue weighted by Gasteiger charge is -2.13. The Hall–Kier alpha value is -2.87. The highest BCUT2D eigenvalue weighted by molar-refractivity contribution is 7.89. The monoisotopic (exact) mass is 485 g/mol. The number of aromatic nitrogens is 3. The predicted octanol–water partition coefficient (Wildman–Crippen LogP) is 3.48. The summed E-state index contributed by atoms with van der Waals surface area (Å²) >= 11 is 0. The molecule has 0 aliphatic rings. The van der Waals surface area contributed by atoms with Gasteiger partial charge in [-0.2, -0.15) is 9.61 Å². The highest BCUT2D eigenvalue weighted by Crippen LogP contribution is 2.25. The van der Waals surface area contributed by atoms with Gasteiger partial charge in [0.1, 0.15) is 11.6 Å². The van der Waals surface area contributed by atoms with Crippen molar-refractivity contribution in [2.45, 2.75) is 18.7 Å². The summed E-state index contributed by atoms with van der Waals surface area (Å²) in [6.07, 6.45) is 1.81. The maximum absolute atomic E-state index is 13.6. The van der Waals surface area contributed by atoms with Gasteiger partial charge in [0.25, 0.3) is 0 Å². The van der Waals surface area contributed by atoms with Crippen molar-refractivity contribution >= 4 is 35.4 Å². The largest absolute Gasteiger partial charge is 0.369 e. The molecule has 1 unspecified atom stereocenters. The maximum atomic E-state index is 13.6. The molecule has 2 aromatic carbocycles. The van der Waals surface area contributed by atoms with Crippen LogP contribution in [0.1, 0.15) is 11.1 Å². The van der Waals surface area contributed by atoms with Crippen molar-refractivity contribution in [1.82, 2.24) is 19.3 Å². The van der Waals surface area contributed by atoms with E-state index in [4.69, 9.17) is 4.98 Å². The number of sulfonamides is 1. The van der Waals surface area contributed by atoms with Crippen molar-refractivity contribution in [2.75, 3.05) is 25.1 Å². The van der Waals surface area contributed by atoms with Crippen LogP contribution < -0.4 is 15.3 Å². The lowest BCUT2D eigenvalue weighted by molar-refractivity contribution is 0.578. The summed E-state index contributed by atoms with van der Waals surface area (Å²) in [5, 5.41) is 8.78. The molecule has 4 rings (SSSR count). The molecule has 1 atom stereocenters. The molecule has 0 radical (unpaired) electrons. The fraction of sp³-hybridized carbons (Fsp3) is 0.217. The maximum Gasteiger partial charge on any atom is 0.240 e. The molecule has 0 amide bonds. The van der Waals surface area contributed by atoms with Gasteiger partial charge in [-0.05, 0) is 43.8 Å². The summed E-state index contributed by atoms with van der Waals surface area (Å²) in [6.45, 7) is 6.18. The Bertz CT molecular complexity index is 1420. The van der Waals surface area contributed by atoms with Crippen LogP contribution in [0.3, 0.4) is 0 Å². The van der Waals surface area contributed by atoms with Gasteiger partial charge >= 0.3 is 0 Å². The third kappa shape index (κ3) is 4.90. The zero-order chi connectivity index (χ0) is 23.6.